The molecule has 6 nitrogen and oxygen atoms in total. The van der Waals surface area contributed by atoms with Gasteiger partial charge in [0.2, 0.25) is 0 Å². The van der Waals surface area contributed by atoms with Crippen molar-refractivity contribution in [1.82, 2.24) is 0 Å². The number of phenols is 1. The number of hydrogen-bond acceptors (Lipinski definition) is 5. The summed E-state index contributed by atoms with van der Waals surface area (Å²) >= 11 is 0. The highest BCUT2D eigenvalue weighted by molar-refractivity contribution is 6.01. The molecule has 2 aliphatic rings. The van der Waals surface area contributed by atoms with Gasteiger partial charge in [-0.3, -0.25) is 9.59 Å². The van der Waals surface area contributed by atoms with Crippen molar-refractivity contribution in [1.29, 1.82) is 0 Å². The molecule has 0 aromatic heterocycles. The molecule has 1 aliphatic heterocycles. The number of carbonyl (C=O) groups excluding carboxylic acids is 1. The predicted molar refractivity (Wildman–Crippen MR) is 75.9 cm³/mol. The molecular formula is C16H18O6. The summed E-state index contributed by atoms with van der Waals surface area (Å²) < 4.78 is 5.64. The van der Waals surface area contributed by atoms with Gasteiger partial charge in [0.05, 0.1) is 30.3 Å². The van der Waals surface area contributed by atoms with Gasteiger partial charge in [-0.25, -0.2) is 0 Å². The summed E-state index contributed by atoms with van der Waals surface area (Å²) in [5, 5.41) is 29.5. The number of carboxylic acid groups (broad SMARTS) is 1. The second kappa shape index (κ2) is 5.37. The van der Waals surface area contributed by atoms with E-state index in [1.165, 1.54) is 0 Å². The number of carboxylic acids is 1. The lowest BCUT2D eigenvalue weighted by atomic mass is 9.81. The third-order valence-electron chi connectivity index (χ3n) is 4.39. The molecule has 0 radical (unpaired) electrons. The van der Waals surface area contributed by atoms with Crippen molar-refractivity contribution in [3.05, 3.63) is 28.3 Å². The SMILES string of the molecule is C[C@@H]1O[C@@H](CC(=O)O)Cc2cc3c(c(O)c21)C(=O)CC[C@@H]3O. The Morgan fingerprint density at radius 2 is 2.18 bits per heavy atom. The second-order valence-electron chi connectivity index (χ2n) is 5.94. The first-order valence-corrected chi connectivity index (χ1v) is 7.35. The number of ketones is 1. The van der Waals surface area contributed by atoms with E-state index in [4.69, 9.17) is 9.84 Å². The van der Waals surface area contributed by atoms with Crippen LogP contribution in [-0.4, -0.2) is 33.2 Å². The number of benzene rings is 1. The van der Waals surface area contributed by atoms with Crippen LogP contribution >= 0.6 is 0 Å². The minimum Gasteiger partial charge on any atom is -0.507 e. The lowest BCUT2D eigenvalue weighted by Gasteiger charge is -2.33. The van der Waals surface area contributed by atoms with E-state index in [0.29, 0.717) is 24.0 Å². The zero-order valence-corrected chi connectivity index (χ0v) is 12.2. The van der Waals surface area contributed by atoms with E-state index in [0.717, 1.165) is 5.56 Å². The van der Waals surface area contributed by atoms with Gasteiger partial charge in [-0.1, -0.05) is 6.07 Å². The highest BCUT2D eigenvalue weighted by Crippen LogP contribution is 2.44. The molecule has 3 N–H and O–H groups in total. The Hall–Kier alpha value is -1.92. The second-order valence-corrected chi connectivity index (χ2v) is 5.94. The topological polar surface area (TPSA) is 104 Å². The van der Waals surface area contributed by atoms with E-state index < -0.39 is 24.3 Å². The summed E-state index contributed by atoms with van der Waals surface area (Å²) in [4.78, 5) is 22.9. The van der Waals surface area contributed by atoms with E-state index in [9.17, 15) is 19.8 Å². The smallest absolute Gasteiger partial charge is 0.305 e. The average molecular weight is 306 g/mol. The number of Topliss-reactive ketones (excluding diaryl/α,β-unsaturated/α-hetero) is 1. The Morgan fingerprint density at radius 1 is 1.45 bits per heavy atom. The average Bonchev–Trinajstić information content (AvgIpc) is 2.41. The number of fused-ring (bicyclic) bond motifs is 2. The third kappa shape index (κ3) is 2.38. The van der Waals surface area contributed by atoms with Gasteiger partial charge in [0.15, 0.2) is 5.78 Å². The Labute approximate surface area is 127 Å². The Morgan fingerprint density at radius 3 is 2.86 bits per heavy atom. The van der Waals surface area contributed by atoms with Crippen LogP contribution < -0.4 is 0 Å². The first-order chi connectivity index (χ1) is 10.4. The fraction of sp³-hybridized carbons (Fsp3) is 0.500. The quantitative estimate of drug-likeness (QED) is 0.770. The van der Waals surface area contributed by atoms with Gasteiger partial charge in [0, 0.05) is 12.0 Å². The normalized spacial score (nSPS) is 27.2. The fourth-order valence-corrected chi connectivity index (χ4v) is 3.45. The number of aliphatic hydroxyl groups is 1. The van der Waals surface area contributed by atoms with Crippen LogP contribution in [0.5, 0.6) is 5.75 Å². The molecule has 0 saturated carbocycles. The van der Waals surface area contributed by atoms with Crippen molar-refractivity contribution >= 4 is 11.8 Å². The number of aromatic hydroxyl groups is 1. The molecule has 0 saturated heterocycles. The summed E-state index contributed by atoms with van der Waals surface area (Å²) in [6.07, 6.45) is -0.984. The minimum atomic E-state index is -0.946. The molecule has 1 heterocycles. The lowest BCUT2D eigenvalue weighted by molar-refractivity contribution is -0.141. The molecule has 0 fully saturated rings. The monoisotopic (exact) mass is 306 g/mol. The number of ether oxygens (including phenoxy) is 1. The summed E-state index contributed by atoms with van der Waals surface area (Å²) in [6, 6.07) is 1.72. The van der Waals surface area contributed by atoms with Crippen LogP contribution in [0.15, 0.2) is 6.07 Å². The highest BCUT2D eigenvalue weighted by atomic mass is 16.5. The van der Waals surface area contributed by atoms with Crippen LogP contribution in [0, 0.1) is 0 Å². The first-order valence-electron chi connectivity index (χ1n) is 7.35. The minimum absolute atomic E-state index is 0.122. The maximum absolute atomic E-state index is 12.1. The van der Waals surface area contributed by atoms with Gasteiger partial charge in [-0.2, -0.15) is 0 Å². The van der Waals surface area contributed by atoms with Crippen LogP contribution in [0.3, 0.4) is 0 Å². The van der Waals surface area contributed by atoms with Crippen LogP contribution in [0.2, 0.25) is 0 Å². The van der Waals surface area contributed by atoms with Crippen LogP contribution in [0.25, 0.3) is 0 Å². The number of rotatable bonds is 2. The number of hydrogen-bond donors (Lipinski definition) is 3. The molecule has 118 valence electrons. The summed E-state index contributed by atoms with van der Waals surface area (Å²) in [6.45, 7) is 1.72. The van der Waals surface area contributed by atoms with Crippen LogP contribution in [0.1, 0.15) is 65.4 Å². The Balaban J connectivity index is 2.08. The van der Waals surface area contributed by atoms with Crippen LogP contribution in [0.4, 0.5) is 0 Å². The number of phenolic OH excluding ortho intramolecular Hbond substituents is 1. The van der Waals surface area contributed by atoms with Gasteiger partial charge < -0.3 is 20.1 Å². The molecule has 1 aromatic rings. The lowest BCUT2D eigenvalue weighted by Crippen LogP contribution is -2.29. The van der Waals surface area contributed by atoms with Gasteiger partial charge in [0.25, 0.3) is 0 Å². The number of carbonyl (C=O) groups is 2. The molecule has 6 heteroatoms. The van der Waals surface area contributed by atoms with Crippen molar-refractivity contribution in [2.45, 2.75) is 50.9 Å². The molecule has 0 amide bonds. The number of aliphatic hydroxyl groups excluding tert-OH is 1. The van der Waals surface area contributed by atoms with E-state index in [2.05, 4.69) is 0 Å². The van der Waals surface area contributed by atoms with Crippen molar-refractivity contribution < 1.29 is 29.6 Å². The zero-order valence-electron chi connectivity index (χ0n) is 12.2. The zero-order chi connectivity index (χ0) is 16.0. The molecule has 1 aliphatic carbocycles. The molecule has 22 heavy (non-hydrogen) atoms. The van der Waals surface area contributed by atoms with Gasteiger partial charge >= 0.3 is 5.97 Å². The largest absolute Gasteiger partial charge is 0.507 e. The van der Waals surface area contributed by atoms with Gasteiger partial charge in [-0.15, -0.1) is 0 Å². The molecule has 0 bridgehead atoms. The van der Waals surface area contributed by atoms with Crippen molar-refractivity contribution in [3.8, 4) is 5.75 Å². The Kier molecular flexibility index (Phi) is 3.66. The van der Waals surface area contributed by atoms with Crippen molar-refractivity contribution in [2.24, 2.45) is 0 Å². The van der Waals surface area contributed by atoms with E-state index in [-0.39, 0.29) is 29.9 Å². The molecule has 0 spiro atoms. The summed E-state index contributed by atoms with van der Waals surface area (Å²) in [5.41, 5.74) is 1.90. The third-order valence-corrected chi connectivity index (χ3v) is 4.39. The highest BCUT2D eigenvalue weighted by Gasteiger charge is 2.35. The molecule has 3 atom stereocenters. The summed E-state index contributed by atoms with van der Waals surface area (Å²) in [7, 11) is 0. The van der Waals surface area contributed by atoms with Crippen molar-refractivity contribution in [2.75, 3.05) is 0 Å². The molecular weight excluding hydrogens is 288 g/mol. The maximum atomic E-state index is 12.1. The standard InChI is InChI=1S/C16H18O6/c1-7-14-8(4-9(22-7)6-13(19)20)5-10-11(17)2-3-12(18)15(10)16(14)21/h5,7,9,11,17,21H,2-4,6H2,1H3,(H,19,20)/t7-,9+,11-/m0/s1. The summed E-state index contributed by atoms with van der Waals surface area (Å²) in [5.74, 6) is -1.25. The Bertz CT molecular complexity index is 651. The predicted octanol–water partition coefficient (Wildman–Crippen LogP) is 1.88. The van der Waals surface area contributed by atoms with E-state index in [1.54, 1.807) is 13.0 Å². The molecule has 0 unspecified atom stereocenters. The van der Waals surface area contributed by atoms with Gasteiger partial charge in [-0.05, 0) is 30.9 Å². The number of aliphatic carboxylic acids is 1. The maximum Gasteiger partial charge on any atom is 0.305 e. The van der Waals surface area contributed by atoms with Gasteiger partial charge in [0.1, 0.15) is 5.75 Å². The fourth-order valence-electron chi connectivity index (χ4n) is 3.45. The molecule has 1 aromatic carbocycles. The van der Waals surface area contributed by atoms with Crippen molar-refractivity contribution in [3.63, 3.8) is 0 Å². The first kappa shape index (κ1) is 15.0. The van der Waals surface area contributed by atoms with E-state index in [1.807, 2.05) is 0 Å². The molecule has 3 rings (SSSR count). The van der Waals surface area contributed by atoms with E-state index >= 15 is 0 Å². The van der Waals surface area contributed by atoms with Crippen LogP contribution in [-0.2, 0) is 16.0 Å².